The third-order valence-corrected chi connectivity index (χ3v) is 3.53. The number of rotatable bonds is 5. The van der Waals surface area contributed by atoms with Gasteiger partial charge in [-0.15, -0.1) is 0 Å². The predicted octanol–water partition coefficient (Wildman–Crippen LogP) is 2.45. The zero-order chi connectivity index (χ0) is 11.1. The molecule has 0 unspecified atom stereocenters. The minimum atomic E-state index is 0.925. The van der Waals surface area contributed by atoms with Crippen LogP contribution in [0.15, 0.2) is 11.1 Å². The molecule has 1 rings (SSSR count). The van der Waals surface area contributed by atoms with Crippen molar-refractivity contribution in [2.45, 2.75) is 26.2 Å². The summed E-state index contributed by atoms with van der Waals surface area (Å²) in [5.74, 6) is 0.925. The Morgan fingerprint density at radius 3 is 2.73 bits per heavy atom. The number of halogens is 1. The molecule has 0 radical (unpaired) electrons. The molecule has 0 saturated carbocycles. The second-order valence-electron chi connectivity index (χ2n) is 4.67. The molecule has 1 fully saturated rings. The molecular formula is C12H23ClN2. The highest BCUT2D eigenvalue weighted by Gasteiger charge is 2.15. The van der Waals surface area contributed by atoms with Gasteiger partial charge in [-0.25, -0.2) is 0 Å². The number of piperidine rings is 1. The van der Waals surface area contributed by atoms with E-state index in [-0.39, 0.29) is 0 Å². The summed E-state index contributed by atoms with van der Waals surface area (Å²) >= 11 is 5.59. The van der Waals surface area contributed by atoms with Crippen molar-refractivity contribution in [2.24, 2.45) is 5.92 Å². The summed E-state index contributed by atoms with van der Waals surface area (Å²) in [7, 11) is 2.21. The lowest BCUT2D eigenvalue weighted by atomic mass is 9.94. The van der Waals surface area contributed by atoms with Crippen molar-refractivity contribution in [3.63, 3.8) is 0 Å². The number of hydrogen-bond donors (Lipinski definition) is 1. The zero-order valence-electron chi connectivity index (χ0n) is 9.93. The van der Waals surface area contributed by atoms with Crippen molar-refractivity contribution in [3.05, 3.63) is 11.1 Å². The SMILES string of the molecule is CC(=CCl)CNCCC1CCN(C)CC1. The van der Waals surface area contributed by atoms with Crippen LogP contribution in [-0.4, -0.2) is 38.1 Å². The molecule has 3 heteroatoms. The largest absolute Gasteiger partial charge is 0.313 e. The molecule has 0 aromatic rings. The summed E-state index contributed by atoms with van der Waals surface area (Å²) < 4.78 is 0. The highest BCUT2D eigenvalue weighted by atomic mass is 35.5. The van der Waals surface area contributed by atoms with Crippen LogP contribution in [0, 0.1) is 5.92 Å². The Balaban J connectivity index is 2.01. The Morgan fingerprint density at radius 2 is 2.13 bits per heavy atom. The van der Waals surface area contributed by atoms with Crippen LogP contribution in [0.25, 0.3) is 0 Å². The highest BCUT2D eigenvalue weighted by Crippen LogP contribution is 2.18. The molecule has 1 N–H and O–H groups in total. The van der Waals surface area contributed by atoms with Crippen LogP contribution >= 0.6 is 11.6 Å². The van der Waals surface area contributed by atoms with E-state index in [4.69, 9.17) is 11.6 Å². The number of likely N-dealkylation sites (tertiary alicyclic amines) is 1. The Kier molecular flexibility index (Phi) is 6.30. The molecule has 0 atom stereocenters. The van der Waals surface area contributed by atoms with Crippen LogP contribution in [-0.2, 0) is 0 Å². The standard InChI is InChI=1S/C12H23ClN2/c1-11(9-13)10-14-6-3-12-4-7-15(2)8-5-12/h9,12,14H,3-8,10H2,1-2H3. The predicted molar refractivity (Wildman–Crippen MR) is 67.3 cm³/mol. The molecule has 15 heavy (non-hydrogen) atoms. The van der Waals surface area contributed by atoms with Gasteiger partial charge in [0.1, 0.15) is 0 Å². The quantitative estimate of drug-likeness (QED) is 0.730. The van der Waals surface area contributed by atoms with E-state index in [0.717, 1.165) is 19.0 Å². The minimum absolute atomic E-state index is 0.925. The second-order valence-corrected chi connectivity index (χ2v) is 4.89. The molecule has 0 aliphatic carbocycles. The van der Waals surface area contributed by atoms with Crippen molar-refractivity contribution < 1.29 is 0 Å². The molecule has 0 aromatic carbocycles. The van der Waals surface area contributed by atoms with Gasteiger partial charge in [0.15, 0.2) is 0 Å². The van der Waals surface area contributed by atoms with Crippen LogP contribution in [0.3, 0.4) is 0 Å². The summed E-state index contributed by atoms with van der Waals surface area (Å²) in [4.78, 5) is 2.42. The third-order valence-electron chi connectivity index (χ3n) is 3.16. The molecule has 0 amide bonds. The maximum absolute atomic E-state index is 5.59. The van der Waals surface area contributed by atoms with Crippen molar-refractivity contribution in [1.82, 2.24) is 10.2 Å². The maximum atomic E-state index is 5.59. The fourth-order valence-corrected chi connectivity index (χ4v) is 2.06. The van der Waals surface area contributed by atoms with E-state index in [1.165, 1.54) is 37.9 Å². The first-order valence-electron chi connectivity index (χ1n) is 5.87. The lowest BCUT2D eigenvalue weighted by molar-refractivity contribution is 0.212. The average molecular weight is 231 g/mol. The number of nitrogens with zero attached hydrogens (tertiary/aromatic N) is 1. The molecule has 2 nitrogen and oxygen atoms in total. The van der Waals surface area contributed by atoms with Gasteiger partial charge in [0.25, 0.3) is 0 Å². The minimum Gasteiger partial charge on any atom is -0.313 e. The fourth-order valence-electron chi connectivity index (χ4n) is 1.98. The third kappa shape index (κ3) is 5.55. The fraction of sp³-hybridized carbons (Fsp3) is 0.833. The first-order valence-corrected chi connectivity index (χ1v) is 6.31. The molecule has 1 aliphatic heterocycles. The molecular weight excluding hydrogens is 208 g/mol. The zero-order valence-corrected chi connectivity index (χ0v) is 10.7. The molecule has 1 saturated heterocycles. The summed E-state index contributed by atoms with van der Waals surface area (Å²) in [5, 5.41) is 3.43. The smallest absolute Gasteiger partial charge is 0.0173 e. The van der Waals surface area contributed by atoms with Crippen LogP contribution in [0.5, 0.6) is 0 Å². The van der Waals surface area contributed by atoms with Crippen molar-refractivity contribution in [3.8, 4) is 0 Å². The Morgan fingerprint density at radius 1 is 1.47 bits per heavy atom. The van der Waals surface area contributed by atoms with Gasteiger partial charge in [-0.2, -0.15) is 0 Å². The highest BCUT2D eigenvalue weighted by molar-refractivity contribution is 6.25. The van der Waals surface area contributed by atoms with Gasteiger partial charge >= 0.3 is 0 Å². The number of hydrogen-bond acceptors (Lipinski definition) is 2. The monoisotopic (exact) mass is 230 g/mol. The van der Waals surface area contributed by atoms with Gasteiger partial charge < -0.3 is 10.2 Å². The van der Waals surface area contributed by atoms with E-state index in [1.54, 1.807) is 5.54 Å². The van der Waals surface area contributed by atoms with E-state index >= 15 is 0 Å². The first kappa shape index (κ1) is 13.0. The van der Waals surface area contributed by atoms with E-state index in [9.17, 15) is 0 Å². The average Bonchev–Trinajstić information content (AvgIpc) is 2.26. The molecule has 0 bridgehead atoms. The molecule has 1 aliphatic rings. The van der Waals surface area contributed by atoms with Gasteiger partial charge in [0, 0.05) is 12.1 Å². The summed E-state index contributed by atoms with van der Waals surface area (Å²) in [6, 6.07) is 0. The van der Waals surface area contributed by atoms with Crippen molar-refractivity contribution in [1.29, 1.82) is 0 Å². The molecule has 0 aromatic heterocycles. The molecule has 1 heterocycles. The van der Waals surface area contributed by atoms with Gasteiger partial charge in [-0.05, 0) is 64.4 Å². The van der Waals surface area contributed by atoms with E-state index in [0.29, 0.717) is 0 Å². The second kappa shape index (κ2) is 7.26. The summed E-state index contributed by atoms with van der Waals surface area (Å²) in [6.07, 6.45) is 4.04. The van der Waals surface area contributed by atoms with Crippen LogP contribution < -0.4 is 5.32 Å². The lowest BCUT2D eigenvalue weighted by Gasteiger charge is -2.28. The lowest BCUT2D eigenvalue weighted by Crippen LogP contribution is -2.31. The summed E-state index contributed by atoms with van der Waals surface area (Å²) in [5.41, 5.74) is 2.86. The Bertz CT molecular complexity index is 196. The van der Waals surface area contributed by atoms with E-state index in [2.05, 4.69) is 24.2 Å². The normalized spacial score (nSPS) is 20.9. The van der Waals surface area contributed by atoms with E-state index < -0.39 is 0 Å². The van der Waals surface area contributed by atoms with Crippen LogP contribution in [0.2, 0.25) is 0 Å². The Labute approximate surface area is 98.7 Å². The van der Waals surface area contributed by atoms with Crippen molar-refractivity contribution >= 4 is 11.6 Å². The van der Waals surface area contributed by atoms with Crippen LogP contribution in [0.4, 0.5) is 0 Å². The molecule has 88 valence electrons. The van der Waals surface area contributed by atoms with Gasteiger partial charge in [-0.1, -0.05) is 11.6 Å². The van der Waals surface area contributed by atoms with Crippen LogP contribution in [0.1, 0.15) is 26.2 Å². The van der Waals surface area contributed by atoms with E-state index in [1.807, 2.05) is 0 Å². The number of nitrogens with one attached hydrogen (secondary N) is 1. The van der Waals surface area contributed by atoms with Gasteiger partial charge in [-0.3, -0.25) is 0 Å². The van der Waals surface area contributed by atoms with Gasteiger partial charge in [0.05, 0.1) is 0 Å². The van der Waals surface area contributed by atoms with Crippen molar-refractivity contribution in [2.75, 3.05) is 33.2 Å². The first-order chi connectivity index (χ1) is 7.22. The molecule has 0 spiro atoms. The van der Waals surface area contributed by atoms with Gasteiger partial charge in [0.2, 0.25) is 0 Å². The Hall–Kier alpha value is -0.0500. The topological polar surface area (TPSA) is 15.3 Å². The maximum Gasteiger partial charge on any atom is 0.0173 e. The summed E-state index contributed by atoms with van der Waals surface area (Å²) in [6.45, 7) is 6.64.